The minimum absolute atomic E-state index is 0.397. The second-order valence-electron chi connectivity index (χ2n) is 2.15. The highest BCUT2D eigenvalue weighted by Gasteiger charge is 2.06. The molecule has 0 saturated carbocycles. The molecule has 0 fully saturated rings. The molecule has 0 N–H and O–H groups in total. The number of hydrogen-bond donors (Lipinski definition) is 0. The summed E-state index contributed by atoms with van der Waals surface area (Å²) in [6.45, 7) is 0. The molecular weight excluding hydrogens is 190 g/mol. The van der Waals surface area contributed by atoms with E-state index in [1.165, 1.54) is 13.3 Å². The van der Waals surface area contributed by atoms with Crippen LogP contribution in [0, 0.1) is 0 Å². The Hall–Kier alpha value is -1.07. The third kappa shape index (κ3) is 2.71. The van der Waals surface area contributed by atoms with Gasteiger partial charge in [-0.1, -0.05) is 0 Å². The summed E-state index contributed by atoms with van der Waals surface area (Å²) in [5.41, 5.74) is 0.421. The molecule has 0 radical (unpaired) electrons. The van der Waals surface area contributed by atoms with Crippen LogP contribution in [0.4, 0.5) is 0 Å². The molecule has 0 saturated heterocycles. The van der Waals surface area contributed by atoms with Crippen molar-refractivity contribution in [3.8, 4) is 0 Å². The van der Waals surface area contributed by atoms with E-state index in [2.05, 4.69) is 9.72 Å². The Kier molecular flexibility index (Phi) is 3.72. The topological polar surface area (TPSA) is 48.4 Å². The molecule has 1 heterocycles. The van der Waals surface area contributed by atoms with Crippen molar-refractivity contribution in [2.45, 2.75) is 4.90 Å². The second kappa shape index (κ2) is 4.84. The summed E-state index contributed by atoms with van der Waals surface area (Å²) in [7, 11) is 2.88. The van der Waals surface area contributed by atoms with Crippen LogP contribution >= 0.6 is 12.0 Å². The van der Waals surface area contributed by atoms with E-state index >= 15 is 0 Å². The SMILES string of the molecule is COSc1cncc(C(=O)OC)c1. The molecule has 0 atom stereocenters. The normalized spacial score (nSPS) is 9.69. The van der Waals surface area contributed by atoms with Gasteiger partial charge >= 0.3 is 5.97 Å². The van der Waals surface area contributed by atoms with Crippen LogP contribution in [0.3, 0.4) is 0 Å². The Morgan fingerprint density at radius 1 is 1.46 bits per heavy atom. The van der Waals surface area contributed by atoms with Gasteiger partial charge in [0.1, 0.15) is 0 Å². The van der Waals surface area contributed by atoms with E-state index in [-0.39, 0.29) is 0 Å². The molecule has 0 aliphatic carbocycles. The summed E-state index contributed by atoms with van der Waals surface area (Å²) >= 11 is 1.15. The van der Waals surface area contributed by atoms with Crippen LogP contribution in [0.15, 0.2) is 23.4 Å². The molecule has 70 valence electrons. The highest BCUT2D eigenvalue weighted by atomic mass is 32.2. The second-order valence-corrected chi connectivity index (χ2v) is 3.12. The van der Waals surface area contributed by atoms with E-state index in [9.17, 15) is 4.79 Å². The molecule has 0 unspecified atom stereocenters. The van der Waals surface area contributed by atoms with Crippen molar-refractivity contribution < 1.29 is 13.7 Å². The minimum atomic E-state index is -0.397. The standard InChI is InChI=1S/C8H9NO3S/c1-11-8(10)6-3-7(13-12-2)5-9-4-6/h3-5H,1-2H3. The Bertz CT molecular complexity index is 303. The summed E-state index contributed by atoms with van der Waals surface area (Å²) in [6, 6.07) is 1.66. The van der Waals surface area contributed by atoms with E-state index in [4.69, 9.17) is 4.18 Å². The monoisotopic (exact) mass is 199 g/mol. The van der Waals surface area contributed by atoms with Crippen LogP contribution < -0.4 is 0 Å². The van der Waals surface area contributed by atoms with Gasteiger partial charge in [-0.2, -0.15) is 0 Å². The van der Waals surface area contributed by atoms with Gasteiger partial charge in [0, 0.05) is 24.4 Å². The van der Waals surface area contributed by atoms with Gasteiger partial charge in [0.25, 0.3) is 0 Å². The Labute approximate surface area is 80.5 Å². The Morgan fingerprint density at radius 3 is 2.85 bits per heavy atom. The average molecular weight is 199 g/mol. The van der Waals surface area contributed by atoms with E-state index < -0.39 is 5.97 Å². The largest absolute Gasteiger partial charge is 0.465 e. The van der Waals surface area contributed by atoms with Gasteiger partial charge in [0.05, 0.1) is 24.7 Å². The van der Waals surface area contributed by atoms with Crippen LogP contribution in [0.5, 0.6) is 0 Å². The number of methoxy groups -OCH3 is 1. The lowest BCUT2D eigenvalue weighted by Gasteiger charge is -2.00. The number of ether oxygens (including phenoxy) is 1. The zero-order chi connectivity index (χ0) is 9.68. The number of pyridine rings is 1. The van der Waals surface area contributed by atoms with Gasteiger partial charge < -0.3 is 8.92 Å². The molecule has 1 aromatic rings. The van der Waals surface area contributed by atoms with Crippen LogP contribution in [0.1, 0.15) is 10.4 Å². The smallest absolute Gasteiger partial charge is 0.339 e. The lowest BCUT2D eigenvalue weighted by Crippen LogP contribution is -2.01. The van der Waals surface area contributed by atoms with Crippen molar-refractivity contribution in [2.24, 2.45) is 0 Å². The van der Waals surface area contributed by atoms with Gasteiger partial charge in [-0.15, -0.1) is 0 Å². The van der Waals surface area contributed by atoms with Crippen molar-refractivity contribution in [3.05, 3.63) is 24.0 Å². The molecule has 0 spiro atoms. The lowest BCUT2D eigenvalue weighted by atomic mass is 10.3. The van der Waals surface area contributed by atoms with Crippen molar-refractivity contribution in [1.29, 1.82) is 0 Å². The first-order valence-corrected chi connectivity index (χ1v) is 4.26. The maximum atomic E-state index is 11.1. The summed E-state index contributed by atoms with van der Waals surface area (Å²) in [5, 5.41) is 0. The molecule has 0 amide bonds. The molecule has 1 rings (SSSR count). The number of aromatic nitrogens is 1. The zero-order valence-electron chi connectivity index (χ0n) is 7.31. The summed E-state index contributed by atoms with van der Waals surface area (Å²) in [4.78, 5) is 15.7. The molecule has 4 nitrogen and oxygen atoms in total. The quantitative estimate of drug-likeness (QED) is 0.545. The molecule has 0 bridgehead atoms. The van der Waals surface area contributed by atoms with Gasteiger partial charge in [-0.25, -0.2) is 4.79 Å². The van der Waals surface area contributed by atoms with Crippen LogP contribution in [-0.2, 0) is 8.92 Å². The Morgan fingerprint density at radius 2 is 2.23 bits per heavy atom. The summed E-state index contributed by atoms with van der Waals surface area (Å²) in [5.74, 6) is -0.397. The predicted molar refractivity (Wildman–Crippen MR) is 48.4 cm³/mol. The fourth-order valence-corrected chi connectivity index (χ4v) is 1.26. The molecule has 0 aliphatic rings. The van der Waals surface area contributed by atoms with Gasteiger partial charge in [-0.3, -0.25) is 4.98 Å². The predicted octanol–water partition coefficient (Wildman–Crippen LogP) is 1.52. The highest BCUT2D eigenvalue weighted by molar-refractivity contribution is 7.94. The van der Waals surface area contributed by atoms with E-state index in [1.807, 2.05) is 0 Å². The number of esters is 1. The summed E-state index contributed by atoms with van der Waals surface area (Å²) in [6.07, 6.45) is 3.06. The molecular formula is C8H9NO3S. The first kappa shape index (κ1) is 10.0. The number of hydrogen-bond acceptors (Lipinski definition) is 5. The number of carbonyl (C=O) groups is 1. The molecule has 13 heavy (non-hydrogen) atoms. The van der Waals surface area contributed by atoms with Crippen molar-refractivity contribution in [3.63, 3.8) is 0 Å². The van der Waals surface area contributed by atoms with Crippen LogP contribution in [0.25, 0.3) is 0 Å². The van der Waals surface area contributed by atoms with Gasteiger partial charge in [0.15, 0.2) is 0 Å². The number of rotatable bonds is 3. The summed E-state index contributed by atoms with van der Waals surface area (Å²) < 4.78 is 9.36. The van der Waals surface area contributed by atoms with Crippen molar-refractivity contribution in [2.75, 3.05) is 14.2 Å². The lowest BCUT2D eigenvalue weighted by molar-refractivity contribution is 0.0600. The van der Waals surface area contributed by atoms with Gasteiger partial charge in [0.2, 0.25) is 0 Å². The first-order chi connectivity index (χ1) is 6.27. The molecule has 5 heteroatoms. The van der Waals surface area contributed by atoms with E-state index in [0.29, 0.717) is 5.56 Å². The van der Waals surface area contributed by atoms with Gasteiger partial charge in [-0.05, 0) is 6.07 Å². The third-order valence-electron chi connectivity index (χ3n) is 1.31. The highest BCUT2D eigenvalue weighted by Crippen LogP contribution is 2.17. The van der Waals surface area contributed by atoms with Crippen LogP contribution in [0.2, 0.25) is 0 Å². The third-order valence-corrected chi connectivity index (χ3v) is 1.90. The average Bonchev–Trinajstić information content (AvgIpc) is 2.18. The minimum Gasteiger partial charge on any atom is -0.465 e. The number of nitrogens with zero attached hydrogens (tertiary/aromatic N) is 1. The Balaban J connectivity index is 2.85. The molecule has 1 aromatic heterocycles. The zero-order valence-corrected chi connectivity index (χ0v) is 8.13. The van der Waals surface area contributed by atoms with E-state index in [0.717, 1.165) is 16.9 Å². The fourth-order valence-electron chi connectivity index (χ4n) is 0.790. The van der Waals surface area contributed by atoms with E-state index in [1.54, 1.807) is 19.4 Å². The molecule has 0 aliphatic heterocycles. The maximum absolute atomic E-state index is 11.1. The maximum Gasteiger partial charge on any atom is 0.339 e. The van der Waals surface area contributed by atoms with Crippen molar-refractivity contribution >= 4 is 18.0 Å². The molecule has 0 aromatic carbocycles. The van der Waals surface area contributed by atoms with Crippen LogP contribution in [-0.4, -0.2) is 25.2 Å². The fraction of sp³-hybridized carbons (Fsp3) is 0.250. The van der Waals surface area contributed by atoms with Crippen molar-refractivity contribution in [1.82, 2.24) is 4.98 Å². The number of carbonyl (C=O) groups excluding carboxylic acids is 1. The first-order valence-electron chi connectivity index (χ1n) is 3.52.